The number of nitrogens with two attached hydrogens (primary N) is 1. The maximum absolute atomic E-state index is 12.1. The van der Waals surface area contributed by atoms with E-state index in [-0.39, 0.29) is 12.5 Å². The lowest BCUT2D eigenvalue weighted by Gasteiger charge is -2.23. The molecule has 0 heterocycles. The van der Waals surface area contributed by atoms with E-state index in [0.717, 1.165) is 0 Å². The molecule has 0 saturated heterocycles. The van der Waals surface area contributed by atoms with Crippen LogP contribution in [0, 0.1) is 5.92 Å². The monoisotopic (exact) mass is 358 g/mol. The van der Waals surface area contributed by atoms with E-state index in [4.69, 9.17) is 10.5 Å². The number of nitrogens with one attached hydrogen (secondary N) is 3. The average Bonchev–Trinajstić information content (AvgIpc) is 2.47. The third kappa shape index (κ3) is 9.53. The SMILES string of the molecule is CC[C@H](C)[C@@H](NC(=O)[C@@H](C)NC(=O)CNC(=O)OC(C)(C)C)C(N)=O. The Morgan fingerprint density at radius 2 is 1.64 bits per heavy atom. The van der Waals surface area contributed by atoms with E-state index in [2.05, 4.69) is 16.0 Å². The Hall–Kier alpha value is -2.32. The van der Waals surface area contributed by atoms with Crippen LogP contribution in [0.25, 0.3) is 0 Å². The van der Waals surface area contributed by atoms with Crippen molar-refractivity contribution in [1.29, 1.82) is 0 Å². The molecule has 4 amide bonds. The van der Waals surface area contributed by atoms with Crippen molar-refractivity contribution >= 4 is 23.8 Å². The van der Waals surface area contributed by atoms with Crippen LogP contribution in [0.3, 0.4) is 0 Å². The minimum absolute atomic E-state index is 0.127. The molecule has 0 rings (SSSR count). The van der Waals surface area contributed by atoms with E-state index < -0.39 is 41.5 Å². The van der Waals surface area contributed by atoms with Gasteiger partial charge in [0.1, 0.15) is 24.2 Å². The molecule has 0 aliphatic rings. The number of rotatable bonds is 8. The molecule has 0 aliphatic carbocycles. The zero-order valence-corrected chi connectivity index (χ0v) is 15.8. The van der Waals surface area contributed by atoms with Crippen molar-refractivity contribution in [1.82, 2.24) is 16.0 Å². The normalized spacial score (nSPS) is 14.6. The van der Waals surface area contributed by atoms with Gasteiger partial charge < -0.3 is 26.4 Å². The summed E-state index contributed by atoms with van der Waals surface area (Å²) in [6.45, 7) is 9.90. The quantitative estimate of drug-likeness (QED) is 0.485. The molecule has 144 valence electrons. The molecule has 25 heavy (non-hydrogen) atoms. The van der Waals surface area contributed by atoms with Crippen LogP contribution in [0.2, 0.25) is 0 Å². The van der Waals surface area contributed by atoms with Gasteiger partial charge in [-0.2, -0.15) is 0 Å². The fourth-order valence-electron chi connectivity index (χ4n) is 1.83. The Bertz CT molecular complexity index is 501. The van der Waals surface area contributed by atoms with Crippen LogP contribution in [-0.4, -0.2) is 48.0 Å². The number of alkyl carbamates (subject to hydrolysis) is 1. The number of hydrogen-bond donors (Lipinski definition) is 4. The van der Waals surface area contributed by atoms with Crippen molar-refractivity contribution in [2.75, 3.05) is 6.54 Å². The summed E-state index contributed by atoms with van der Waals surface area (Å²) < 4.78 is 5.00. The molecular formula is C16H30N4O5. The van der Waals surface area contributed by atoms with Crippen molar-refractivity contribution in [3.8, 4) is 0 Å². The predicted molar refractivity (Wildman–Crippen MR) is 92.4 cm³/mol. The van der Waals surface area contributed by atoms with Gasteiger partial charge in [-0.15, -0.1) is 0 Å². The highest BCUT2D eigenvalue weighted by Gasteiger charge is 2.26. The van der Waals surface area contributed by atoms with E-state index >= 15 is 0 Å². The minimum Gasteiger partial charge on any atom is -0.444 e. The first-order valence-corrected chi connectivity index (χ1v) is 8.23. The second kappa shape index (κ2) is 9.85. The summed E-state index contributed by atoms with van der Waals surface area (Å²) in [6.07, 6.45) is -0.0700. The third-order valence-electron chi connectivity index (χ3n) is 3.38. The van der Waals surface area contributed by atoms with Crippen molar-refractivity contribution in [2.45, 2.75) is 65.6 Å². The summed E-state index contributed by atoms with van der Waals surface area (Å²) in [4.78, 5) is 46.8. The van der Waals surface area contributed by atoms with Gasteiger partial charge in [-0.3, -0.25) is 14.4 Å². The number of ether oxygens (including phenoxy) is 1. The lowest BCUT2D eigenvalue weighted by Crippen LogP contribution is -2.54. The first kappa shape index (κ1) is 22.7. The molecule has 0 aromatic carbocycles. The van der Waals surface area contributed by atoms with E-state index in [0.29, 0.717) is 6.42 Å². The van der Waals surface area contributed by atoms with Crippen LogP contribution in [0.4, 0.5) is 4.79 Å². The largest absolute Gasteiger partial charge is 0.444 e. The minimum atomic E-state index is -0.890. The molecule has 0 aliphatic heterocycles. The first-order chi connectivity index (χ1) is 11.4. The summed E-state index contributed by atoms with van der Waals surface area (Å²) in [5.41, 5.74) is 4.62. The Balaban J connectivity index is 4.44. The third-order valence-corrected chi connectivity index (χ3v) is 3.38. The van der Waals surface area contributed by atoms with E-state index in [9.17, 15) is 19.2 Å². The predicted octanol–water partition coefficient (Wildman–Crippen LogP) is 0.0320. The molecule has 5 N–H and O–H groups in total. The maximum Gasteiger partial charge on any atom is 0.408 e. The molecule has 0 fully saturated rings. The van der Waals surface area contributed by atoms with Gasteiger partial charge >= 0.3 is 6.09 Å². The summed E-state index contributed by atoms with van der Waals surface area (Å²) in [6, 6.07) is -1.70. The van der Waals surface area contributed by atoms with E-state index in [1.54, 1.807) is 27.7 Å². The van der Waals surface area contributed by atoms with Gasteiger partial charge in [0.15, 0.2) is 0 Å². The summed E-state index contributed by atoms with van der Waals surface area (Å²) >= 11 is 0. The van der Waals surface area contributed by atoms with Gasteiger partial charge in [-0.25, -0.2) is 4.79 Å². The zero-order valence-electron chi connectivity index (χ0n) is 15.8. The van der Waals surface area contributed by atoms with Crippen molar-refractivity contribution < 1.29 is 23.9 Å². The highest BCUT2D eigenvalue weighted by Crippen LogP contribution is 2.07. The lowest BCUT2D eigenvalue weighted by atomic mass is 9.98. The van der Waals surface area contributed by atoms with Crippen LogP contribution < -0.4 is 21.7 Å². The van der Waals surface area contributed by atoms with Crippen LogP contribution in [0.1, 0.15) is 48.0 Å². The number of carbonyl (C=O) groups excluding carboxylic acids is 4. The molecule has 0 aromatic heterocycles. The smallest absolute Gasteiger partial charge is 0.408 e. The Kier molecular flexibility index (Phi) is 8.94. The lowest BCUT2D eigenvalue weighted by molar-refractivity contribution is -0.131. The highest BCUT2D eigenvalue weighted by molar-refractivity contribution is 5.92. The molecule has 0 radical (unpaired) electrons. The summed E-state index contributed by atoms with van der Waals surface area (Å²) in [5.74, 6) is -1.85. The molecule has 3 atom stereocenters. The molecule has 9 heteroatoms. The van der Waals surface area contributed by atoms with Crippen LogP contribution in [0.15, 0.2) is 0 Å². The van der Waals surface area contributed by atoms with Crippen molar-refractivity contribution in [3.05, 3.63) is 0 Å². The fourth-order valence-corrected chi connectivity index (χ4v) is 1.83. The maximum atomic E-state index is 12.1. The van der Waals surface area contributed by atoms with Crippen molar-refractivity contribution in [3.63, 3.8) is 0 Å². The molecule has 0 unspecified atom stereocenters. The summed E-state index contributed by atoms with van der Waals surface area (Å²) in [5, 5.41) is 7.24. The average molecular weight is 358 g/mol. The van der Waals surface area contributed by atoms with Crippen LogP contribution >= 0.6 is 0 Å². The van der Waals surface area contributed by atoms with E-state index in [1.165, 1.54) is 6.92 Å². The standard InChI is InChI=1S/C16H30N4O5/c1-7-9(2)12(13(17)22)20-14(23)10(3)19-11(21)8-18-15(24)25-16(4,5)6/h9-10,12H,7-8H2,1-6H3,(H2,17,22)(H,18,24)(H,19,21)(H,20,23)/t9-,10+,12+/m0/s1. The Morgan fingerprint density at radius 3 is 2.08 bits per heavy atom. The second-order valence-corrected chi connectivity index (χ2v) is 6.92. The van der Waals surface area contributed by atoms with Crippen LogP contribution in [-0.2, 0) is 19.1 Å². The van der Waals surface area contributed by atoms with Gasteiger partial charge in [-0.05, 0) is 33.6 Å². The molecule has 0 bridgehead atoms. The molecule has 0 aromatic rings. The van der Waals surface area contributed by atoms with Gasteiger partial charge in [0.25, 0.3) is 0 Å². The van der Waals surface area contributed by atoms with Gasteiger partial charge in [-0.1, -0.05) is 20.3 Å². The number of carbonyl (C=O) groups is 4. The molecule has 9 nitrogen and oxygen atoms in total. The Labute approximate surface area is 148 Å². The number of amides is 4. The van der Waals surface area contributed by atoms with Gasteiger partial charge in [0.2, 0.25) is 17.7 Å². The summed E-state index contributed by atoms with van der Waals surface area (Å²) in [7, 11) is 0. The molecular weight excluding hydrogens is 328 g/mol. The van der Waals surface area contributed by atoms with Gasteiger partial charge in [0, 0.05) is 0 Å². The second-order valence-electron chi connectivity index (χ2n) is 6.92. The van der Waals surface area contributed by atoms with E-state index in [1.807, 2.05) is 6.92 Å². The zero-order chi connectivity index (χ0) is 19.8. The van der Waals surface area contributed by atoms with Crippen molar-refractivity contribution in [2.24, 2.45) is 11.7 Å². The first-order valence-electron chi connectivity index (χ1n) is 8.23. The fraction of sp³-hybridized carbons (Fsp3) is 0.750. The topological polar surface area (TPSA) is 140 Å². The van der Waals surface area contributed by atoms with Crippen LogP contribution in [0.5, 0.6) is 0 Å². The number of primary amides is 1. The number of hydrogen-bond acceptors (Lipinski definition) is 5. The molecule has 0 saturated carbocycles. The highest BCUT2D eigenvalue weighted by atomic mass is 16.6. The van der Waals surface area contributed by atoms with Gasteiger partial charge in [0.05, 0.1) is 0 Å². The molecule has 0 spiro atoms. The Morgan fingerprint density at radius 1 is 1.08 bits per heavy atom.